The predicted octanol–water partition coefficient (Wildman–Crippen LogP) is 5.01. The molecule has 0 aliphatic rings. The Morgan fingerprint density at radius 2 is 1.90 bits per heavy atom. The van der Waals surface area contributed by atoms with Gasteiger partial charge in [-0.25, -0.2) is 0 Å². The van der Waals surface area contributed by atoms with Crippen LogP contribution in [0.25, 0.3) is 0 Å². The summed E-state index contributed by atoms with van der Waals surface area (Å²) in [6.07, 6.45) is 0. The summed E-state index contributed by atoms with van der Waals surface area (Å²) < 4.78 is 0. The summed E-state index contributed by atoms with van der Waals surface area (Å²) in [5.41, 5.74) is 3.71. The average molecular weight is 319 g/mol. The lowest BCUT2D eigenvalue weighted by molar-refractivity contribution is 0.512. The molecule has 0 amide bonds. The highest BCUT2D eigenvalue weighted by Gasteiger charge is 2.08. The maximum absolute atomic E-state index is 5.48. The first-order chi connectivity index (χ1) is 9.97. The summed E-state index contributed by atoms with van der Waals surface area (Å²) in [5, 5.41) is 6.18. The van der Waals surface area contributed by atoms with E-state index in [2.05, 4.69) is 66.7 Å². The molecule has 1 aromatic heterocycles. The fourth-order valence-electron chi connectivity index (χ4n) is 2.02. The van der Waals surface area contributed by atoms with E-state index in [1.165, 1.54) is 16.0 Å². The zero-order chi connectivity index (χ0) is 15.4. The van der Waals surface area contributed by atoms with Crippen molar-refractivity contribution in [2.75, 3.05) is 12.4 Å². The smallest absolute Gasteiger partial charge is 0.173 e. The molecule has 2 rings (SSSR count). The van der Waals surface area contributed by atoms with Crippen molar-refractivity contribution in [3.8, 4) is 0 Å². The second-order valence-corrected chi connectivity index (χ2v) is 6.98. The number of hydrogen-bond acceptors (Lipinski definition) is 2. The number of hydrogen-bond donors (Lipinski definition) is 1. The Labute approximate surface area is 136 Å². The van der Waals surface area contributed by atoms with E-state index >= 15 is 0 Å². The zero-order valence-corrected chi connectivity index (χ0v) is 14.6. The third-order valence-corrected chi connectivity index (χ3v) is 4.95. The predicted molar refractivity (Wildman–Crippen MR) is 97.3 cm³/mol. The summed E-state index contributed by atoms with van der Waals surface area (Å²) in [6.45, 7) is 7.38. The first kappa shape index (κ1) is 16.0. The number of rotatable bonds is 4. The van der Waals surface area contributed by atoms with E-state index in [1.54, 1.807) is 11.3 Å². The fourth-order valence-corrected chi connectivity index (χ4v) is 3.16. The first-order valence-corrected chi connectivity index (χ1v) is 8.41. The van der Waals surface area contributed by atoms with Gasteiger partial charge >= 0.3 is 0 Å². The Bertz CT molecular complexity index is 600. The molecular formula is C17H22N2S2. The van der Waals surface area contributed by atoms with Gasteiger partial charge in [0.1, 0.15) is 0 Å². The standard InChI is InChI=1S/C17H22N2S2/c1-12(2)14-5-7-15(8-6-14)18-17(20)19(4)11-16-13(3)9-10-21-16/h5-10,12H,11H2,1-4H3,(H,18,20). The lowest BCUT2D eigenvalue weighted by atomic mass is 10.0. The van der Waals surface area contributed by atoms with Crippen LogP contribution in [0.2, 0.25) is 0 Å². The molecule has 21 heavy (non-hydrogen) atoms. The Hall–Kier alpha value is -1.39. The SMILES string of the molecule is Cc1ccsc1CN(C)C(=S)Nc1ccc(C(C)C)cc1. The first-order valence-electron chi connectivity index (χ1n) is 7.12. The molecule has 1 heterocycles. The van der Waals surface area contributed by atoms with E-state index in [-0.39, 0.29) is 0 Å². The molecule has 0 radical (unpaired) electrons. The highest BCUT2D eigenvalue weighted by atomic mass is 32.1. The highest BCUT2D eigenvalue weighted by molar-refractivity contribution is 7.80. The van der Waals surface area contributed by atoms with Crippen LogP contribution < -0.4 is 5.32 Å². The number of aryl methyl sites for hydroxylation is 1. The normalized spacial score (nSPS) is 10.7. The molecule has 0 bridgehead atoms. The fraction of sp³-hybridized carbons (Fsp3) is 0.353. The third kappa shape index (κ3) is 4.29. The van der Waals surface area contributed by atoms with Crippen LogP contribution in [-0.2, 0) is 6.54 Å². The molecule has 112 valence electrons. The molecule has 0 unspecified atom stereocenters. The summed E-state index contributed by atoms with van der Waals surface area (Å²) in [4.78, 5) is 3.43. The number of nitrogens with one attached hydrogen (secondary N) is 1. The van der Waals surface area contributed by atoms with Gasteiger partial charge in [-0.2, -0.15) is 0 Å². The van der Waals surface area contributed by atoms with Gasteiger partial charge in [-0.05, 0) is 59.8 Å². The second-order valence-electron chi connectivity index (χ2n) is 5.59. The average Bonchev–Trinajstić information content (AvgIpc) is 2.84. The van der Waals surface area contributed by atoms with Gasteiger partial charge in [0, 0.05) is 17.6 Å². The molecule has 0 spiro atoms. The third-order valence-electron chi connectivity index (χ3n) is 3.52. The molecule has 0 aliphatic heterocycles. The van der Waals surface area contributed by atoms with E-state index in [1.807, 2.05) is 7.05 Å². The largest absolute Gasteiger partial charge is 0.347 e. The van der Waals surface area contributed by atoms with Crippen molar-refractivity contribution in [3.05, 3.63) is 51.7 Å². The molecular weight excluding hydrogens is 296 g/mol. The molecule has 1 aromatic carbocycles. The number of nitrogens with zero attached hydrogens (tertiary/aromatic N) is 1. The number of benzene rings is 1. The number of thiophene rings is 1. The van der Waals surface area contributed by atoms with Crippen LogP contribution in [0.1, 0.15) is 35.8 Å². The van der Waals surface area contributed by atoms with Crippen molar-refractivity contribution in [1.82, 2.24) is 4.90 Å². The minimum atomic E-state index is 0.551. The lowest BCUT2D eigenvalue weighted by Crippen LogP contribution is -2.30. The van der Waals surface area contributed by atoms with Crippen molar-refractivity contribution in [2.24, 2.45) is 0 Å². The number of thiocarbonyl (C=S) groups is 1. The minimum absolute atomic E-state index is 0.551. The molecule has 1 N–H and O–H groups in total. The van der Waals surface area contributed by atoms with Crippen molar-refractivity contribution in [3.63, 3.8) is 0 Å². The Morgan fingerprint density at radius 1 is 1.24 bits per heavy atom. The van der Waals surface area contributed by atoms with Crippen molar-refractivity contribution >= 4 is 34.4 Å². The van der Waals surface area contributed by atoms with Crippen molar-refractivity contribution in [2.45, 2.75) is 33.2 Å². The summed E-state index contributed by atoms with van der Waals surface area (Å²) in [5.74, 6) is 0.551. The summed E-state index contributed by atoms with van der Waals surface area (Å²) in [6, 6.07) is 10.6. The molecule has 4 heteroatoms. The van der Waals surface area contributed by atoms with E-state index in [0.717, 1.165) is 17.3 Å². The van der Waals surface area contributed by atoms with Crippen molar-refractivity contribution in [1.29, 1.82) is 0 Å². The Kier molecular flexibility index (Phi) is 5.37. The molecule has 0 saturated carbocycles. The van der Waals surface area contributed by atoms with Crippen LogP contribution in [0, 0.1) is 6.92 Å². The molecule has 2 aromatic rings. The molecule has 0 aliphatic carbocycles. The van der Waals surface area contributed by atoms with E-state index in [4.69, 9.17) is 12.2 Å². The molecule has 0 atom stereocenters. The van der Waals surface area contributed by atoms with E-state index in [0.29, 0.717) is 5.92 Å². The quantitative estimate of drug-likeness (QED) is 0.798. The van der Waals surface area contributed by atoms with Gasteiger partial charge < -0.3 is 10.2 Å². The molecule has 0 saturated heterocycles. The van der Waals surface area contributed by atoms with E-state index in [9.17, 15) is 0 Å². The van der Waals surface area contributed by atoms with Crippen LogP contribution in [-0.4, -0.2) is 17.1 Å². The van der Waals surface area contributed by atoms with Gasteiger partial charge in [0.25, 0.3) is 0 Å². The van der Waals surface area contributed by atoms with Gasteiger partial charge in [0.2, 0.25) is 0 Å². The Morgan fingerprint density at radius 3 is 2.43 bits per heavy atom. The van der Waals surface area contributed by atoms with E-state index < -0.39 is 0 Å². The molecule has 0 fully saturated rings. The zero-order valence-electron chi connectivity index (χ0n) is 13.0. The lowest BCUT2D eigenvalue weighted by Gasteiger charge is -2.21. The monoisotopic (exact) mass is 318 g/mol. The van der Waals surface area contributed by atoms with Gasteiger partial charge in [-0.1, -0.05) is 26.0 Å². The maximum atomic E-state index is 5.48. The highest BCUT2D eigenvalue weighted by Crippen LogP contribution is 2.19. The maximum Gasteiger partial charge on any atom is 0.173 e. The van der Waals surface area contributed by atoms with Crippen molar-refractivity contribution < 1.29 is 0 Å². The van der Waals surface area contributed by atoms with Crippen LogP contribution in [0.4, 0.5) is 5.69 Å². The topological polar surface area (TPSA) is 15.3 Å². The van der Waals surface area contributed by atoms with Gasteiger partial charge in [0.05, 0.1) is 6.54 Å². The number of anilines is 1. The van der Waals surface area contributed by atoms with Gasteiger partial charge in [0.15, 0.2) is 5.11 Å². The van der Waals surface area contributed by atoms with Crippen LogP contribution in [0.3, 0.4) is 0 Å². The summed E-state index contributed by atoms with van der Waals surface area (Å²) >= 11 is 7.26. The Balaban J connectivity index is 1.95. The van der Waals surface area contributed by atoms with Gasteiger partial charge in [-0.15, -0.1) is 11.3 Å². The van der Waals surface area contributed by atoms with Crippen LogP contribution in [0.15, 0.2) is 35.7 Å². The summed E-state index contributed by atoms with van der Waals surface area (Å²) in [7, 11) is 2.02. The van der Waals surface area contributed by atoms with Crippen LogP contribution in [0.5, 0.6) is 0 Å². The van der Waals surface area contributed by atoms with Gasteiger partial charge in [-0.3, -0.25) is 0 Å². The second kappa shape index (κ2) is 7.05. The van der Waals surface area contributed by atoms with Crippen LogP contribution >= 0.6 is 23.6 Å². The minimum Gasteiger partial charge on any atom is -0.347 e. The molecule has 2 nitrogen and oxygen atoms in total.